The first-order valence-electron chi connectivity index (χ1n) is 11.6. The van der Waals surface area contributed by atoms with Crippen LogP contribution in [0.3, 0.4) is 0 Å². The van der Waals surface area contributed by atoms with Crippen LogP contribution in [0, 0.1) is 6.92 Å². The molecule has 2 aromatic carbocycles. The van der Waals surface area contributed by atoms with Crippen LogP contribution in [0.5, 0.6) is 0 Å². The average molecular weight is 459 g/mol. The highest BCUT2D eigenvalue weighted by Gasteiger charge is 2.24. The first kappa shape index (κ1) is 23.4. The molecule has 1 atom stereocenters. The van der Waals surface area contributed by atoms with Crippen LogP contribution in [0.4, 0.5) is 0 Å². The van der Waals surface area contributed by atoms with Crippen LogP contribution in [0.15, 0.2) is 73.1 Å². The molecule has 0 fully saturated rings. The molecule has 0 spiro atoms. The molecule has 6 heteroatoms. The van der Waals surface area contributed by atoms with Gasteiger partial charge in [0.1, 0.15) is 5.69 Å². The number of hydrogen-bond donors (Lipinski definition) is 1. The third-order valence-electron chi connectivity index (χ3n) is 6.50. The first-order valence-corrected chi connectivity index (χ1v) is 11.6. The molecule has 4 aromatic rings. The molecule has 2 aromatic heterocycles. The van der Waals surface area contributed by atoms with Crippen molar-refractivity contribution in [1.82, 2.24) is 19.4 Å². The molecule has 0 aliphatic heterocycles. The van der Waals surface area contributed by atoms with Gasteiger partial charge in [-0.3, -0.25) is 9.59 Å². The van der Waals surface area contributed by atoms with Crippen LogP contribution in [0.2, 0.25) is 0 Å². The number of fused-ring (bicyclic) bond motifs is 1. The largest absolute Gasteiger partial charge is 0.351 e. The van der Waals surface area contributed by atoms with Crippen molar-refractivity contribution < 1.29 is 11.0 Å². The highest BCUT2D eigenvalue weighted by atomic mass is 16.2. The molecule has 2 amide bonds. The third-order valence-corrected chi connectivity index (χ3v) is 6.50. The summed E-state index contributed by atoms with van der Waals surface area (Å²) in [7, 11) is 5.71. The maximum Gasteiger partial charge on any atom is 0.267 e. The van der Waals surface area contributed by atoms with Crippen LogP contribution < -0.4 is 5.32 Å². The number of carbonyl (C=O) groups excluding carboxylic acids is 2. The summed E-state index contributed by atoms with van der Waals surface area (Å²) in [5, 5.41) is 3.98. The van der Waals surface area contributed by atoms with Crippen molar-refractivity contribution in [2.24, 2.45) is 14.1 Å². The van der Waals surface area contributed by atoms with Crippen molar-refractivity contribution in [2.45, 2.75) is 25.8 Å². The number of nitrogens with zero attached hydrogens (tertiary/aromatic N) is 3. The van der Waals surface area contributed by atoms with Crippen LogP contribution in [-0.4, -0.2) is 45.5 Å². The van der Waals surface area contributed by atoms with E-state index in [1.165, 1.54) is 0 Å². The molecule has 0 saturated carbocycles. The van der Waals surface area contributed by atoms with E-state index < -0.39 is 0 Å². The van der Waals surface area contributed by atoms with E-state index in [4.69, 9.17) is 0 Å². The number of nitrogens with one attached hydrogen (secondary N) is 1. The van der Waals surface area contributed by atoms with E-state index in [1.807, 2.05) is 86.3 Å². The molecule has 0 unspecified atom stereocenters. The maximum absolute atomic E-state index is 13.7. The SMILES string of the molecule is Cc1cc(C(=O)N(C)[C@H](CCNC(=O)c2cccn2C)Cc2ccccc2)c2ccn(C)c2c1.[HH]. The topological polar surface area (TPSA) is 59.3 Å². The van der Waals surface area contributed by atoms with Gasteiger partial charge in [0.05, 0.1) is 0 Å². The number of likely N-dealkylation sites (N-methyl/N-ethyl adjacent to an activating group) is 1. The van der Waals surface area contributed by atoms with Crippen molar-refractivity contribution in [1.29, 1.82) is 0 Å². The number of aromatic nitrogens is 2. The molecule has 1 N–H and O–H groups in total. The molecular weight excluding hydrogens is 424 g/mol. The van der Waals surface area contributed by atoms with Crippen molar-refractivity contribution in [3.05, 3.63) is 95.4 Å². The minimum absolute atomic E-state index is 0. The van der Waals surface area contributed by atoms with Gasteiger partial charge in [-0.05, 0) is 61.2 Å². The first-order chi connectivity index (χ1) is 16.3. The Morgan fingerprint density at radius 3 is 2.47 bits per heavy atom. The number of rotatable bonds is 8. The van der Waals surface area contributed by atoms with E-state index in [0.717, 1.165) is 22.0 Å². The molecule has 0 aliphatic rings. The van der Waals surface area contributed by atoms with Crippen molar-refractivity contribution in [2.75, 3.05) is 13.6 Å². The lowest BCUT2D eigenvalue weighted by atomic mass is 9.99. The Labute approximate surface area is 202 Å². The minimum Gasteiger partial charge on any atom is -0.351 e. The Morgan fingerprint density at radius 1 is 1.00 bits per heavy atom. The van der Waals surface area contributed by atoms with Gasteiger partial charge in [-0.25, -0.2) is 0 Å². The molecule has 2 heterocycles. The Morgan fingerprint density at radius 2 is 1.76 bits per heavy atom. The van der Waals surface area contributed by atoms with E-state index in [2.05, 4.69) is 23.5 Å². The van der Waals surface area contributed by atoms with Crippen molar-refractivity contribution in [3.63, 3.8) is 0 Å². The summed E-state index contributed by atoms with van der Waals surface area (Å²) in [5.74, 6) is -0.112. The standard InChI is InChI=1S/C28H32N4O2.H2/c1-20-17-24(23-13-16-31(3)26(23)18-20)28(34)32(4)22(19-21-9-6-5-7-10-21)12-14-29-27(33)25-11-8-15-30(25)2;/h5-11,13,15-18,22H,12,14,19H2,1-4H3,(H,29,33);1H/t22-;/m1./s1. The molecule has 0 saturated heterocycles. The van der Waals surface area contributed by atoms with Gasteiger partial charge < -0.3 is 19.4 Å². The molecule has 0 bridgehead atoms. The van der Waals surface area contributed by atoms with Crippen LogP contribution in [0.25, 0.3) is 10.9 Å². The highest BCUT2D eigenvalue weighted by molar-refractivity contribution is 6.07. The van der Waals surface area contributed by atoms with E-state index >= 15 is 0 Å². The Bertz CT molecular complexity index is 1310. The summed E-state index contributed by atoms with van der Waals surface area (Å²) < 4.78 is 3.84. The summed E-state index contributed by atoms with van der Waals surface area (Å²) in [4.78, 5) is 28.1. The smallest absolute Gasteiger partial charge is 0.267 e. The average Bonchev–Trinajstić information content (AvgIpc) is 3.43. The second kappa shape index (κ2) is 10.00. The van der Waals surface area contributed by atoms with Gasteiger partial charge in [-0.1, -0.05) is 30.3 Å². The van der Waals surface area contributed by atoms with Crippen LogP contribution in [-0.2, 0) is 20.5 Å². The van der Waals surface area contributed by atoms with Gasteiger partial charge in [-0.2, -0.15) is 0 Å². The van der Waals surface area contributed by atoms with Crippen molar-refractivity contribution >= 4 is 22.7 Å². The fourth-order valence-corrected chi connectivity index (χ4v) is 4.50. The second-order valence-electron chi connectivity index (χ2n) is 8.98. The minimum atomic E-state index is -0.107. The fourth-order valence-electron chi connectivity index (χ4n) is 4.50. The normalized spacial score (nSPS) is 12.0. The van der Waals surface area contributed by atoms with Gasteiger partial charge in [0.25, 0.3) is 11.8 Å². The molecule has 0 aliphatic carbocycles. The van der Waals surface area contributed by atoms with Gasteiger partial charge in [-0.15, -0.1) is 0 Å². The zero-order valence-electron chi connectivity index (χ0n) is 20.3. The Hall–Kier alpha value is -3.80. The van der Waals surface area contributed by atoms with Gasteiger partial charge in [0.15, 0.2) is 0 Å². The Balaban J connectivity index is 0.00000342. The zero-order valence-corrected chi connectivity index (χ0v) is 20.3. The van der Waals surface area contributed by atoms with E-state index in [9.17, 15) is 9.59 Å². The van der Waals surface area contributed by atoms with E-state index in [0.29, 0.717) is 30.6 Å². The summed E-state index contributed by atoms with van der Waals surface area (Å²) in [5.41, 5.74) is 4.60. The highest BCUT2D eigenvalue weighted by Crippen LogP contribution is 2.24. The van der Waals surface area contributed by atoms with Crippen LogP contribution in [0.1, 0.15) is 39.8 Å². The summed E-state index contributed by atoms with van der Waals surface area (Å²) >= 11 is 0. The molecular formula is C28H34N4O2. The number of aryl methyl sites for hydroxylation is 3. The quantitative estimate of drug-likeness (QED) is 0.420. The number of benzene rings is 2. The lowest BCUT2D eigenvalue weighted by Crippen LogP contribution is -2.41. The lowest BCUT2D eigenvalue weighted by molar-refractivity contribution is 0.0724. The molecule has 34 heavy (non-hydrogen) atoms. The second-order valence-corrected chi connectivity index (χ2v) is 8.98. The molecule has 178 valence electrons. The summed E-state index contributed by atoms with van der Waals surface area (Å²) in [6.07, 6.45) is 5.21. The zero-order chi connectivity index (χ0) is 24.2. The molecule has 0 radical (unpaired) electrons. The number of amides is 2. The lowest BCUT2D eigenvalue weighted by Gasteiger charge is -2.29. The van der Waals surface area contributed by atoms with E-state index in [-0.39, 0.29) is 19.3 Å². The van der Waals surface area contributed by atoms with Crippen LogP contribution >= 0.6 is 0 Å². The monoisotopic (exact) mass is 458 g/mol. The fraction of sp³-hybridized carbons (Fsp3) is 0.286. The Kier molecular flexibility index (Phi) is 6.87. The van der Waals surface area contributed by atoms with Gasteiger partial charge in [0, 0.05) is 64.0 Å². The predicted molar refractivity (Wildman–Crippen MR) is 138 cm³/mol. The maximum atomic E-state index is 13.7. The number of hydrogen-bond acceptors (Lipinski definition) is 2. The van der Waals surface area contributed by atoms with Gasteiger partial charge >= 0.3 is 0 Å². The summed E-state index contributed by atoms with van der Waals surface area (Å²) in [6.45, 7) is 2.50. The summed E-state index contributed by atoms with van der Waals surface area (Å²) in [6, 6.07) is 19.8. The molecule has 6 nitrogen and oxygen atoms in total. The number of carbonyl (C=O) groups is 2. The molecule has 4 rings (SSSR count). The third kappa shape index (κ3) is 4.91. The predicted octanol–water partition coefficient (Wildman–Crippen LogP) is 4.57. The van der Waals surface area contributed by atoms with Crippen molar-refractivity contribution in [3.8, 4) is 0 Å². The van der Waals surface area contributed by atoms with Gasteiger partial charge in [0.2, 0.25) is 0 Å². The van der Waals surface area contributed by atoms with E-state index in [1.54, 1.807) is 10.6 Å².